The van der Waals surface area contributed by atoms with E-state index in [1.54, 1.807) is 6.20 Å². The van der Waals surface area contributed by atoms with Gasteiger partial charge in [-0.15, -0.1) is 0 Å². The Morgan fingerprint density at radius 1 is 1.56 bits per heavy atom. The molecule has 0 bridgehead atoms. The first-order chi connectivity index (χ1) is 7.65. The lowest BCUT2D eigenvalue weighted by molar-refractivity contribution is -0.140. The van der Waals surface area contributed by atoms with Crippen LogP contribution in [0.3, 0.4) is 0 Å². The van der Waals surface area contributed by atoms with E-state index in [0.29, 0.717) is 6.42 Å². The van der Waals surface area contributed by atoms with Gasteiger partial charge < -0.3 is 9.64 Å². The van der Waals surface area contributed by atoms with E-state index in [4.69, 9.17) is 0 Å². The van der Waals surface area contributed by atoms with E-state index in [1.807, 2.05) is 26.2 Å². The molecule has 0 aliphatic carbocycles. The average Bonchev–Trinajstić information content (AvgIpc) is 2.29. The Morgan fingerprint density at radius 2 is 2.31 bits per heavy atom. The second kappa shape index (κ2) is 6.10. The molecule has 0 saturated heterocycles. The molecule has 1 aromatic heterocycles. The lowest BCUT2D eigenvalue weighted by Gasteiger charge is -2.20. The van der Waals surface area contributed by atoms with Crippen molar-refractivity contribution in [1.29, 1.82) is 0 Å². The summed E-state index contributed by atoms with van der Waals surface area (Å²) in [5, 5.41) is 0. The summed E-state index contributed by atoms with van der Waals surface area (Å²) < 4.78 is 4.59. The lowest BCUT2D eigenvalue weighted by atomic mass is 10.2. The second-order valence-electron chi connectivity index (χ2n) is 3.76. The summed E-state index contributed by atoms with van der Waals surface area (Å²) in [7, 11) is 3.43. The summed E-state index contributed by atoms with van der Waals surface area (Å²) in [5.41, 5.74) is 2.29. The van der Waals surface area contributed by atoms with Crippen molar-refractivity contribution in [3.8, 4) is 0 Å². The van der Waals surface area contributed by atoms with Crippen LogP contribution in [0, 0.1) is 6.92 Å². The molecule has 0 aliphatic rings. The van der Waals surface area contributed by atoms with E-state index in [1.165, 1.54) is 7.11 Å². The maximum absolute atomic E-state index is 10.9. The Bertz CT molecular complexity index is 353. The molecule has 0 spiro atoms. The first-order valence-corrected chi connectivity index (χ1v) is 5.33. The molecule has 0 unspecified atom stereocenters. The van der Waals surface area contributed by atoms with E-state index in [9.17, 15) is 4.79 Å². The molecule has 16 heavy (non-hydrogen) atoms. The van der Waals surface area contributed by atoms with Gasteiger partial charge in [-0.2, -0.15) is 0 Å². The molecule has 0 amide bonds. The summed E-state index contributed by atoms with van der Waals surface area (Å²) in [4.78, 5) is 17.1. The largest absolute Gasteiger partial charge is 0.469 e. The van der Waals surface area contributed by atoms with E-state index in [-0.39, 0.29) is 5.97 Å². The molecule has 0 aliphatic heterocycles. The van der Waals surface area contributed by atoms with Crippen molar-refractivity contribution in [1.82, 2.24) is 4.98 Å². The molecule has 1 rings (SSSR count). The molecule has 1 aromatic rings. The summed E-state index contributed by atoms with van der Waals surface area (Å²) in [5.74, 6) is -0.153. The molecule has 0 radical (unpaired) electrons. The second-order valence-corrected chi connectivity index (χ2v) is 3.76. The third-order valence-electron chi connectivity index (χ3n) is 2.50. The molecule has 4 heteroatoms. The molecule has 0 fully saturated rings. The van der Waals surface area contributed by atoms with Crippen molar-refractivity contribution in [3.05, 3.63) is 24.0 Å². The van der Waals surface area contributed by atoms with Gasteiger partial charge in [0.25, 0.3) is 0 Å². The Hall–Kier alpha value is -1.58. The third kappa shape index (κ3) is 3.53. The Morgan fingerprint density at radius 3 is 2.94 bits per heavy atom. The van der Waals surface area contributed by atoms with Gasteiger partial charge in [-0.1, -0.05) is 0 Å². The maximum Gasteiger partial charge on any atom is 0.305 e. The fourth-order valence-corrected chi connectivity index (χ4v) is 1.58. The number of aromatic nitrogens is 1. The lowest BCUT2D eigenvalue weighted by Crippen LogP contribution is -2.20. The fraction of sp³-hybridized carbons (Fsp3) is 0.500. The summed E-state index contributed by atoms with van der Waals surface area (Å²) in [6, 6.07) is 1.98. The van der Waals surface area contributed by atoms with Crippen molar-refractivity contribution in [2.45, 2.75) is 19.8 Å². The number of pyridine rings is 1. The van der Waals surface area contributed by atoms with Gasteiger partial charge in [0, 0.05) is 38.1 Å². The number of carbonyl (C=O) groups is 1. The number of anilines is 1. The van der Waals surface area contributed by atoms with Crippen LogP contribution in [0.25, 0.3) is 0 Å². The minimum absolute atomic E-state index is 0.153. The van der Waals surface area contributed by atoms with Gasteiger partial charge in [-0.05, 0) is 25.0 Å². The van der Waals surface area contributed by atoms with Crippen LogP contribution in [-0.2, 0) is 9.53 Å². The number of aryl methyl sites for hydroxylation is 1. The predicted octanol–water partition coefficient (Wildman–Crippen LogP) is 1.78. The zero-order valence-corrected chi connectivity index (χ0v) is 10.1. The molecule has 88 valence electrons. The topological polar surface area (TPSA) is 42.4 Å². The smallest absolute Gasteiger partial charge is 0.305 e. The highest BCUT2D eigenvalue weighted by molar-refractivity contribution is 5.69. The molecular formula is C12H18N2O2. The Kier molecular flexibility index (Phi) is 4.76. The maximum atomic E-state index is 10.9. The number of rotatable bonds is 5. The van der Waals surface area contributed by atoms with Gasteiger partial charge in [-0.3, -0.25) is 9.78 Å². The molecular weight excluding hydrogens is 204 g/mol. The van der Waals surface area contributed by atoms with E-state index in [0.717, 1.165) is 24.2 Å². The zero-order chi connectivity index (χ0) is 12.0. The number of ether oxygens (including phenoxy) is 1. The average molecular weight is 222 g/mol. The van der Waals surface area contributed by atoms with Crippen LogP contribution in [0.4, 0.5) is 5.69 Å². The van der Waals surface area contributed by atoms with E-state index in [2.05, 4.69) is 14.6 Å². The highest BCUT2D eigenvalue weighted by Gasteiger charge is 2.05. The van der Waals surface area contributed by atoms with Crippen LogP contribution in [0.1, 0.15) is 18.4 Å². The summed E-state index contributed by atoms with van der Waals surface area (Å²) in [6.07, 6.45) is 4.88. The van der Waals surface area contributed by atoms with Gasteiger partial charge in [0.15, 0.2) is 0 Å². The van der Waals surface area contributed by atoms with Crippen molar-refractivity contribution in [2.24, 2.45) is 0 Å². The number of methoxy groups -OCH3 is 1. The molecule has 4 nitrogen and oxygen atoms in total. The minimum atomic E-state index is -0.153. The van der Waals surface area contributed by atoms with E-state index >= 15 is 0 Å². The van der Waals surface area contributed by atoms with Gasteiger partial charge in [0.2, 0.25) is 0 Å². The molecule has 0 atom stereocenters. The normalized spacial score (nSPS) is 9.94. The van der Waals surface area contributed by atoms with Crippen molar-refractivity contribution < 1.29 is 9.53 Å². The first kappa shape index (κ1) is 12.5. The van der Waals surface area contributed by atoms with Crippen LogP contribution in [-0.4, -0.2) is 31.7 Å². The van der Waals surface area contributed by atoms with Crippen LogP contribution in [0.15, 0.2) is 18.5 Å². The monoisotopic (exact) mass is 222 g/mol. The van der Waals surface area contributed by atoms with Gasteiger partial charge in [-0.25, -0.2) is 0 Å². The van der Waals surface area contributed by atoms with Crippen LogP contribution in [0.2, 0.25) is 0 Å². The quantitative estimate of drug-likeness (QED) is 0.712. The van der Waals surface area contributed by atoms with Crippen LogP contribution in [0.5, 0.6) is 0 Å². The highest BCUT2D eigenvalue weighted by Crippen LogP contribution is 2.16. The summed E-state index contributed by atoms with van der Waals surface area (Å²) >= 11 is 0. The zero-order valence-electron chi connectivity index (χ0n) is 10.1. The number of carbonyl (C=O) groups excluding carboxylic acids is 1. The first-order valence-electron chi connectivity index (χ1n) is 5.33. The van der Waals surface area contributed by atoms with E-state index < -0.39 is 0 Å². The number of esters is 1. The van der Waals surface area contributed by atoms with Gasteiger partial charge in [0.1, 0.15) is 0 Å². The van der Waals surface area contributed by atoms with Crippen LogP contribution < -0.4 is 4.90 Å². The summed E-state index contributed by atoms with van der Waals surface area (Å²) in [6.45, 7) is 2.86. The SMILES string of the molecule is COC(=O)CCCN(C)c1ccncc1C. The highest BCUT2D eigenvalue weighted by atomic mass is 16.5. The van der Waals surface area contributed by atoms with Crippen molar-refractivity contribution >= 4 is 11.7 Å². The molecule has 0 saturated carbocycles. The number of hydrogen-bond acceptors (Lipinski definition) is 4. The van der Waals surface area contributed by atoms with Gasteiger partial charge >= 0.3 is 5.97 Å². The number of hydrogen-bond donors (Lipinski definition) is 0. The fourth-order valence-electron chi connectivity index (χ4n) is 1.58. The molecule has 1 heterocycles. The Balaban J connectivity index is 2.44. The standard InChI is InChI=1S/C12H18N2O2/c1-10-9-13-7-6-11(10)14(2)8-4-5-12(15)16-3/h6-7,9H,4-5,8H2,1-3H3. The van der Waals surface area contributed by atoms with Crippen molar-refractivity contribution in [2.75, 3.05) is 25.6 Å². The van der Waals surface area contributed by atoms with Crippen LogP contribution >= 0.6 is 0 Å². The van der Waals surface area contributed by atoms with Gasteiger partial charge in [0.05, 0.1) is 7.11 Å². The third-order valence-corrected chi connectivity index (χ3v) is 2.50. The van der Waals surface area contributed by atoms with Crippen molar-refractivity contribution in [3.63, 3.8) is 0 Å². The predicted molar refractivity (Wildman–Crippen MR) is 63.5 cm³/mol. The number of nitrogens with zero attached hydrogens (tertiary/aromatic N) is 2. The Labute approximate surface area is 96.2 Å². The minimum Gasteiger partial charge on any atom is -0.469 e. The molecule has 0 aromatic carbocycles. The molecule has 0 N–H and O–H groups in total.